The predicted molar refractivity (Wildman–Crippen MR) is 86.3 cm³/mol. The van der Waals surface area contributed by atoms with Crippen LogP contribution in [0.4, 0.5) is 0 Å². The van der Waals surface area contributed by atoms with Crippen molar-refractivity contribution in [2.45, 2.75) is 31.4 Å². The van der Waals surface area contributed by atoms with E-state index in [-0.39, 0.29) is 11.9 Å². The largest absolute Gasteiger partial charge is 0.490 e. The topological polar surface area (TPSA) is 57.2 Å². The summed E-state index contributed by atoms with van der Waals surface area (Å²) < 4.78 is 22.4. The van der Waals surface area contributed by atoms with E-state index < -0.39 is 6.10 Å². The number of hydrogen-bond acceptors (Lipinski definition) is 5. The van der Waals surface area contributed by atoms with Gasteiger partial charge in [-0.1, -0.05) is 6.07 Å². The lowest BCUT2D eigenvalue weighted by Gasteiger charge is -2.31. The van der Waals surface area contributed by atoms with E-state index in [1.807, 2.05) is 23.1 Å². The number of benzene rings is 1. The van der Waals surface area contributed by atoms with Gasteiger partial charge in [0.25, 0.3) is 5.91 Å². The van der Waals surface area contributed by atoms with E-state index in [1.165, 1.54) is 0 Å². The van der Waals surface area contributed by atoms with Crippen LogP contribution in [0.3, 0.4) is 0 Å². The number of carbonyl (C=O) groups excluding carboxylic acids is 1. The Morgan fingerprint density at radius 2 is 1.92 bits per heavy atom. The van der Waals surface area contributed by atoms with Crippen LogP contribution in [0.25, 0.3) is 0 Å². The van der Waals surface area contributed by atoms with Crippen LogP contribution in [-0.4, -0.2) is 56.5 Å². The summed E-state index contributed by atoms with van der Waals surface area (Å²) in [5.41, 5.74) is 1.10. The first-order valence-corrected chi connectivity index (χ1v) is 8.72. The summed E-state index contributed by atoms with van der Waals surface area (Å²) in [7, 11) is 0. The second-order valence-electron chi connectivity index (χ2n) is 6.38. The molecule has 2 saturated heterocycles. The van der Waals surface area contributed by atoms with Crippen LogP contribution in [0.1, 0.15) is 30.9 Å². The molecule has 0 N–H and O–H groups in total. The van der Waals surface area contributed by atoms with Crippen molar-refractivity contribution >= 4 is 5.91 Å². The highest BCUT2D eigenvalue weighted by atomic mass is 16.6. The fraction of sp³-hybridized carbons (Fsp3) is 0.611. The van der Waals surface area contributed by atoms with E-state index >= 15 is 0 Å². The molecule has 0 aliphatic carbocycles. The molecule has 3 heterocycles. The van der Waals surface area contributed by atoms with Crippen molar-refractivity contribution < 1.29 is 23.7 Å². The number of fused-ring (bicyclic) bond motifs is 1. The fourth-order valence-electron chi connectivity index (χ4n) is 3.58. The summed E-state index contributed by atoms with van der Waals surface area (Å²) in [5.74, 6) is 1.60. The number of hydrogen-bond donors (Lipinski definition) is 0. The lowest BCUT2D eigenvalue weighted by molar-refractivity contribution is -0.158. The first-order chi connectivity index (χ1) is 11.8. The van der Waals surface area contributed by atoms with Gasteiger partial charge in [0.2, 0.25) is 0 Å². The molecule has 3 aliphatic heterocycles. The average Bonchev–Trinajstić information content (AvgIpc) is 3.00. The Hall–Kier alpha value is -1.79. The maximum Gasteiger partial charge on any atom is 0.254 e. The van der Waals surface area contributed by atoms with Gasteiger partial charge in [-0.2, -0.15) is 0 Å². The number of likely N-dealkylation sites (tertiary alicyclic amines) is 1. The third-order valence-corrected chi connectivity index (χ3v) is 4.78. The minimum atomic E-state index is -0.472. The summed E-state index contributed by atoms with van der Waals surface area (Å²) >= 11 is 0. The molecule has 3 aliphatic rings. The van der Waals surface area contributed by atoms with Gasteiger partial charge in [-0.3, -0.25) is 4.79 Å². The second-order valence-corrected chi connectivity index (χ2v) is 6.38. The summed E-state index contributed by atoms with van der Waals surface area (Å²) in [6, 6.07) is 6.09. The molecule has 130 valence electrons. The molecule has 0 radical (unpaired) electrons. The number of amides is 1. The maximum atomic E-state index is 12.8. The molecule has 0 spiro atoms. The molecule has 0 unspecified atom stereocenters. The third-order valence-electron chi connectivity index (χ3n) is 4.78. The van der Waals surface area contributed by atoms with Gasteiger partial charge in [-0.15, -0.1) is 0 Å². The standard InChI is InChI=1S/C18H23NO5/c20-18(17-12-21-9-10-24-17)19-6-1-3-14(19)13-4-5-15-16(11-13)23-8-2-7-22-15/h4-5,11,14,17H,1-3,6-10,12H2/t14-,17+/m0/s1. The SMILES string of the molecule is O=C([C@H]1COCCO1)N1CCC[C@H]1c1ccc2c(c1)OCCCO2. The minimum Gasteiger partial charge on any atom is -0.490 e. The lowest BCUT2D eigenvalue weighted by Crippen LogP contribution is -2.45. The molecule has 1 aromatic rings. The van der Waals surface area contributed by atoms with Crippen LogP contribution < -0.4 is 9.47 Å². The number of ether oxygens (including phenoxy) is 4. The zero-order chi connectivity index (χ0) is 16.4. The maximum absolute atomic E-state index is 12.8. The van der Waals surface area contributed by atoms with E-state index in [0.717, 1.165) is 42.9 Å². The summed E-state index contributed by atoms with van der Waals surface area (Å²) in [6.45, 7) is 3.51. The lowest BCUT2D eigenvalue weighted by atomic mass is 10.0. The van der Waals surface area contributed by atoms with Crippen molar-refractivity contribution in [2.24, 2.45) is 0 Å². The Morgan fingerprint density at radius 1 is 1.04 bits per heavy atom. The molecule has 0 aromatic heterocycles. The van der Waals surface area contributed by atoms with Crippen LogP contribution in [0, 0.1) is 0 Å². The summed E-state index contributed by atoms with van der Waals surface area (Å²) in [6.07, 6.45) is 2.37. The van der Waals surface area contributed by atoms with Crippen molar-refractivity contribution in [3.63, 3.8) is 0 Å². The molecular weight excluding hydrogens is 310 g/mol. The van der Waals surface area contributed by atoms with Gasteiger partial charge in [0, 0.05) is 13.0 Å². The molecule has 6 nitrogen and oxygen atoms in total. The summed E-state index contributed by atoms with van der Waals surface area (Å²) in [5, 5.41) is 0. The van der Waals surface area contributed by atoms with Gasteiger partial charge < -0.3 is 23.8 Å². The van der Waals surface area contributed by atoms with Gasteiger partial charge in [0.15, 0.2) is 17.6 Å². The van der Waals surface area contributed by atoms with E-state index in [9.17, 15) is 4.79 Å². The molecule has 24 heavy (non-hydrogen) atoms. The van der Waals surface area contributed by atoms with Crippen molar-refractivity contribution in [3.05, 3.63) is 23.8 Å². The smallest absolute Gasteiger partial charge is 0.254 e. The quantitative estimate of drug-likeness (QED) is 0.828. The Morgan fingerprint density at radius 3 is 2.75 bits per heavy atom. The van der Waals surface area contributed by atoms with Gasteiger partial charge >= 0.3 is 0 Å². The van der Waals surface area contributed by atoms with Crippen molar-refractivity contribution in [2.75, 3.05) is 39.6 Å². The summed E-state index contributed by atoms with van der Waals surface area (Å²) in [4.78, 5) is 14.7. The third kappa shape index (κ3) is 3.08. The molecule has 4 rings (SSSR count). The van der Waals surface area contributed by atoms with Crippen molar-refractivity contribution in [3.8, 4) is 11.5 Å². The van der Waals surface area contributed by atoms with Gasteiger partial charge in [0.1, 0.15) is 0 Å². The van der Waals surface area contributed by atoms with Crippen molar-refractivity contribution in [1.82, 2.24) is 4.90 Å². The molecule has 2 atom stereocenters. The van der Waals surface area contributed by atoms with Crippen molar-refractivity contribution in [1.29, 1.82) is 0 Å². The van der Waals surface area contributed by atoms with Crippen LogP contribution in [0.15, 0.2) is 18.2 Å². The number of carbonyl (C=O) groups is 1. The highest BCUT2D eigenvalue weighted by Gasteiger charge is 2.35. The van der Waals surface area contributed by atoms with Gasteiger partial charge in [-0.05, 0) is 30.5 Å². The molecule has 0 bridgehead atoms. The first-order valence-electron chi connectivity index (χ1n) is 8.72. The zero-order valence-corrected chi connectivity index (χ0v) is 13.7. The van der Waals surface area contributed by atoms with Crippen LogP contribution >= 0.6 is 0 Å². The average molecular weight is 333 g/mol. The number of rotatable bonds is 2. The second kappa shape index (κ2) is 6.99. The fourth-order valence-corrected chi connectivity index (χ4v) is 3.58. The molecule has 2 fully saturated rings. The molecule has 1 aromatic carbocycles. The van der Waals surface area contributed by atoms with E-state index in [1.54, 1.807) is 0 Å². The monoisotopic (exact) mass is 333 g/mol. The molecule has 1 amide bonds. The minimum absolute atomic E-state index is 0.0318. The Labute approximate surface area is 141 Å². The predicted octanol–water partition coefficient (Wildman–Crippen LogP) is 1.93. The molecule has 0 saturated carbocycles. The zero-order valence-electron chi connectivity index (χ0n) is 13.7. The van der Waals surface area contributed by atoms with E-state index in [2.05, 4.69) is 0 Å². The normalized spacial score (nSPS) is 26.9. The van der Waals surface area contributed by atoms with Crippen LogP contribution in [-0.2, 0) is 14.3 Å². The number of nitrogens with zero attached hydrogens (tertiary/aromatic N) is 1. The first kappa shape index (κ1) is 15.7. The van der Waals surface area contributed by atoms with Crippen LogP contribution in [0.5, 0.6) is 11.5 Å². The Balaban J connectivity index is 1.54. The van der Waals surface area contributed by atoms with Gasteiger partial charge in [-0.25, -0.2) is 0 Å². The Bertz CT molecular complexity index is 599. The van der Waals surface area contributed by atoms with E-state index in [4.69, 9.17) is 18.9 Å². The van der Waals surface area contributed by atoms with E-state index in [0.29, 0.717) is 33.0 Å². The highest BCUT2D eigenvalue weighted by Crippen LogP contribution is 2.38. The van der Waals surface area contributed by atoms with Crippen LogP contribution in [0.2, 0.25) is 0 Å². The van der Waals surface area contributed by atoms with Gasteiger partial charge in [0.05, 0.1) is 39.1 Å². The Kier molecular flexibility index (Phi) is 4.58. The molecule has 6 heteroatoms. The molecular formula is C18H23NO5. The highest BCUT2D eigenvalue weighted by molar-refractivity contribution is 5.82.